The van der Waals surface area contributed by atoms with Crippen LogP contribution in [0.3, 0.4) is 0 Å². The lowest BCUT2D eigenvalue weighted by Gasteiger charge is -2.10. The summed E-state index contributed by atoms with van der Waals surface area (Å²) in [4.78, 5) is 13.6. The van der Waals surface area contributed by atoms with Crippen molar-refractivity contribution in [3.8, 4) is 28.8 Å². The maximum atomic E-state index is 5.78. The van der Waals surface area contributed by atoms with Crippen molar-refractivity contribution in [3.05, 3.63) is 61.1 Å². The van der Waals surface area contributed by atoms with Crippen LogP contribution in [0.1, 0.15) is 27.7 Å². The zero-order valence-electron chi connectivity index (χ0n) is 17.0. The summed E-state index contributed by atoms with van der Waals surface area (Å²) in [5.74, 6) is 1.81. The molecule has 0 fully saturated rings. The predicted octanol–water partition coefficient (Wildman–Crippen LogP) is 5.06. The van der Waals surface area contributed by atoms with Crippen LogP contribution in [0.25, 0.3) is 28.0 Å². The summed E-state index contributed by atoms with van der Waals surface area (Å²) in [7, 11) is 0. The summed E-state index contributed by atoms with van der Waals surface area (Å²) in [5, 5.41) is 1.08. The molecular formula is C23H24N4O2. The molecule has 6 heteroatoms. The Bertz CT molecular complexity index is 1050. The average molecular weight is 388 g/mol. The molecule has 3 aromatic heterocycles. The molecule has 0 saturated carbocycles. The summed E-state index contributed by atoms with van der Waals surface area (Å²) in [6.45, 7) is 7.92. The second-order valence-corrected chi connectivity index (χ2v) is 7.34. The summed E-state index contributed by atoms with van der Waals surface area (Å²) in [6, 6.07) is 14.0. The van der Waals surface area contributed by atoms with Crippen LogP contribution < -0.4 is 9.47 Å². The molecule has 0 aliphatic rings. The Morgan fingerprint density at radius 3 is 2.34 bits per heavy atom. The molecule has 0 unspecified atom stereocenters. The van der Waals surface area contributed by atoms with Gasteiger partial charge in [-0.1, -0.05) is 24.3 Å². The molecule has 1 aromatic carbocycles. The van der Waals surface area contributed by atoms with E-state index in [1.54, 1.807) is 12.4 Å². The molecule has 6 nitrogen and oxygen atoms in total. The van der Waals surface area contributed by atoms with Gasteiger partial charge < -0.3 is 9.47 Å². The van der Waals surface area contributed by atoms with Crippen LogP contribution in [0.15, 0.2) is 61.1 Å². The normalized spacial score (nSPS) is 11.4. The van der Waals surface area contributed by atoms with Gasteiger partial charge in [-0.15, -0.1) is 0 Å². The predicted molar refractivity (Wildman–Crippen MR) is 114 cm³/mol. The van der Waals surface area contributed by atoms with Gasteiger partial charge in [0.1, 0.15) is 0 Å². The van der Waals surface area contributed by atoms with Gasteiger partial charge in [-0.2, -0.15) is 4.98 Å². The molecule has 29 heavy (non-hydrogen) atoms. The third kappa shape index (κ3) is 4.06. The Kier molecular flexibility index (Phi) is 5.16. The molecule has 3 heterocycles. The number of benzene rings is 1. The van der Waals surface area contributed by atoms with Gasteiger partial charge in [0.25, 0.3) is 0 Å². The topological polar surface area (TPSA) is 62.1 Å². The summed E-state index contributed by atoms with van der Waals surface area (Å²) in [5.41, 5.74) is 2.88. The average Bonchev–Trinajstić information content (AvgIpc) is 3.07. The Labute approximate surface area is 170 Å². The zero-order valence-corrected chi connectivity index (χ0v) is 17.0. The van der Waals surface area contributed by atoms with Gasteiger partial charge in [-0.05, 0) is 39.8 Å². The Morgan fingerprint density at radius 2 is 1.55 bits per heavy atom. The van der Waals surface area contributed by atoms with E-state index in [1.807, 2.05) is 68.8 Å². The first-order chi connectivity index (χ1) is 14.0. The largest absolute Gasteiger partial charge is 0.475 e. The number of nitrogens with zero attached hydrogens (tertiary/aromatic N) is 4. The van der Waals surface area contributed by atoms with Crippen LogP contribution in [-0.4, -0.2) is 31.7 Å². The number of pyridine rings is 1. The van der Waals surface area contributed by atoms with Crippen molar-refractivity contribution in [1.29, 1.82) is 0 Å². The first-order valence-corrected chi connectivity index (χ1v) is 9.74. The lowest BCUT2D eigenvalue weighted by atomic mass is 10.1. The maximum Gasteiger partial charge on any atom is 0.234 e. The van der Waals surface area contributed by atoms with E-state index in [2.05, 4.69) is 22.1 Å². The van der Waals surface area contributed by atoms with Crippen LogP contribution in [0, 0.1) is 0 Å². The fourth-order valence-electron chi connectivity index (χ4n) is 3.20. The van der Waals surface area contributed by atoms with Crippen molar-refractivity contribution in [3.63, 3.8) is 0 Å². The van der Waals surface area contributed by atoms with Gasteiger partial charge in [0.15, 0.2) is 5.82 Å². The van der Waals surface area contributed by atoms with Crippen molar-refractivity contribution >= 4 is 10.9 Å². The number of hydrogen-bond acceptors (Lipinski definition) is 5. The quantitative estimate of drug-likeness (QED) is 0.462. The molecule has 0 aliphatic carbocycles. The molecule has 0 amide bonds. The Morgan fingerprint density at radius 1 is 0.793 bits per heavy atom. The van der Waals surface area contributed by atoms with Gasteiger partial charge in [0, 0.05) is 23.2 Å². The molecule has 4 aromatic rings. The number of ether oxygens (including phenoxy) is 2. The summed E-state index contributed by atoms with van der Waals surface area (Å²) in [6.07, 6.45) is 5.50. The minimum Gasteiger partial charge on any atom is -0.475 e. The molecular weight excluding hydrogens is 364 g/mol. The molecule has 0 atom stereocenters. The van der Waals surface area contributed by atoms with Crippen molar-refractivity contribution in [2.45, 2.75) is 39.9 Å². The standard InChI is InChI=1S/C23H24N4O2/c1-15(2)28-22-11-7-9-19(25-22)18-14-27(20-10-6-5-8-17(18)20)21-12-24-13-23(26-21)29-16(3)4/h5-16H,1-4H3. The molecule has 0 aliphatic heterocycles. The minimum atomic E-state index is 0.0319. The highest BCUT2D eigenvalue weighted by Gasteiger charge is 2.15. The van der Waals surface area contributed by atoms with Crippen molar-refractivity contribution < 1.29 is 9.47 Å². The number of para-hydroxylation sites is 1. The van der Waals surface area contributed by atoms with Crippen LogP contribution in [-0.2, 0) is 0 Å². The highest BCUT2D eigenvalue weighted by atomic mass is 16.5. The first-order valence-electron chi connectivity index (χ1n) is 9.74. The summed E-state index contributed by atoms with van der Waals surface area (Å²) >= 11 is 0. The van der Waals surface area contributed by atoms with E-state index in [0.717, 1.165) is 22.2 Å². The van der Waals surface area contributed by atoms with Crippen LogP contribution in [0.5, 0.6) is 11.8 Å². The first kappa shape index (κ1) is 18.9. The molecule has 0 bridgehead atoms. The van der Waals surface area contributed by atoms with Crippen molar-refractivity contribution in [2.24, 2.45) is 0 Å². The van der Waals surface area contributed by atoms with E-state index in [1.165, 1.54) is 0 Å². The van der Waals surface area contributed by atoms with E-state index in [-0.39, 0.29) is 12.2 Å². The number of aromatic nitrogens is 4. The van der Waals surface area contributed by atoms with E-state index >= 15 is 0 Å². The molecule has 148 valence electrons. The van der Waals surface area contributed by atoms with E-state index < -0.39 is 0 Å². The van der Waals surface area contributed by atoms with E-state index in [0.29, 0.717) is 17.6 Å². The van der Waals surface area contributed by atoms with Gasteiger partial charge in [-0.3, -0.25) is 9.55 Å². The van der Waals surface area contributed by atoms with Gasteiger partial charge >= 0.3 is 0 Å². The van der Waals surface area contributed by atoms with Gasteiger partial charge in [-0.25, -0.2) is 4.98 Å². The maximum absolute atomic E-state index is 5.78. The smallest absolute Gasteiger partial charge is 0.234 e. The highest BCUT2D eigenvalue weighted by Crippen LogP contribution is 2.32. The zero-order chi connectivity index (χ0) is 20.4. The number of hydrogen-bond donors (Lipinski definition) is 0. The summed E-state index contributed by atoms with van der Waals surface area (Å²) < 4.78 is 13.5. The fourth-order valence-corrected chi connectivity index (χ4v) is 3.20. The molecule has 0 N–H and O–H groups in total. The van der Waals surface area contributed by atoms with Crippen LogP contribution in [0.4, 0.5) is 0 Å². The van der Waals surface area contributed by atoms with E-state index in [4.69, 9.17) is 14.5 Å². The number of rotatable bonds is 6. The lowest BCUT2D eigenvalue weighted by Crippen LogP contribution is -2.08. The fraction of sp³-hybridized carbons (Fsp3) is 0.261. The van der Waals surface area contributed by atoms with Crippen LogP contribution in [0.2, 0.25) is 0 Å². The lowest BCUT2D eigenvalue weighted by molar-refractivity contribution is 0.231. The second-order valence-electron chi connectivity index (χ2n) is 7.34. The molecule has 0 spiro atoms. The third-order valence-electron chi connectivity index (χ3n) is 4.27. The highest BCUT2D eigenvalue weighted by molar-refractivity contribution is 5.96. The molecule has 0 radical (unpaired) electrons. The number of fused-ring (bicyclic) bond motifs is 1. The second kappa shape index (κ2) is 7.91. The van der Waals surface area contributed by atoms with Crippen LogP contribution >= 0.6 is 0 Å². The van der Waals surface area contributed by atoms with Gasteiger partial charge in [0.05, 0.1) is 35.8 Å². The van der Waals surface area contributed by atoms with Crippen molar-refractivity contribution in [1.82, 2.24) is 19.5 Å². The van der Waals surface area contributed by atoms with Crippen molar-refractivity contribution in [2.75, 3.05) is 0 Å². The Hall–Kier alpha value is -3.41. The monoisotopic (exact) mass is 388 g/mol. The minimum absolute atomic E-state index is 0.0319. The Balaban J connectivity index is 1.83. The third-order valence-corrected chi connectivity index (χ3v) is 4.27. The molecule has 0 saturated heterocycles. The SMILES string of the molecule is CC(C)Oc1cccc(-c2cn(-c3cncc(OC(C)C)n3)c3ccccc23)n1. The van der Waals surface area contributed by atoms with E-state index in [9.17, 15) is 0 Å². The molecule has 4 rings (SSSR count). The van der Waals surface area contributed by atoms with Gasteiger partial charge in [0.2, 0.25) is 11.8 Å².